The van der Waals surface area contributed by atoms with Crippen LogP contribution in [0.15, 0.2) is 18.5 Å². The summed E-state index contributed by atoms with van der Waals surface area (Å²) >= 11 is 0. The molecule has 29 heavy (non-hydrogen) atoms. The Labute approximate surface area is 171 Å². The van der Waals surface area contributed by atoms with Gasteiger partial charge in [-0.2, -0.15) is 5.10 Å². The summed E-state index contributed by atoms with van der Waals surface area (Å²) in [5.74, 6) is -0.260. The van der Waals surface area contributed by atoms with E-state index in [1.807, 2.05) is 26.0 Å². The first-order valence-corrected chi connectivity index (χ1v) is 13.1. The highest BCUT2D eigenvalue weighted by atomic mass is 28.4. The van der Waals surface area contributed by atoms with Crippen molar-refractivity contribution in [3.63, 3.8) is 0 Å². The molecule has 2 aromatic rings. The highest BCUT2D eigenvalue weighted by molar-refractivity contribution is 6.74. The highest BCUT2D eigenvalue weighted by Gasteiger charge is 2.84. The number of hydrogen-bond donors (Lipinski definition) is 1. The highest BCUT2D eigenvalue weighted by Crippen LogP contribution is 2.66. The summed E-state index contributed by atoms with van der Waals surface area (Å²) < 4.78 is 27.8. The van der Waals surface area contributed by atoms with Crippen molar-refractivity contribution in [2.24, 2.45) is 0 Å². The Bertz CT molecular complexity index is 985. The van der Waals surface area contributed by atoms with Crippen molar-refractivity contribution in [1.29, 1.82) is 0 Å². The molecule has 9 heteroatoms. The molecular formula is C20H30N4O4Si. The van der Waals surface area contributed by atoms with E-state index in [2.05, 4.69) is 43.9 Å². The number of hydrogen-bond acceptors (Lipinski definition) is 7. The number of nitrogen functional groups attached to an aromatic ring is 1. The third-order valence-corrected chi connectivity index (χ3v) is 11.4. The number of rotatable bonds is 3. The zero-order chi connectivity index (χ0) is 21.0. The molecule has 1 saturated carbocycles. The maximum absolute atomic E-state index is 6.71. The van der Waals surface area contributed by atoms with Crippen LogP contribution in [0.2, 0.25) is 18.1 Å². The molecule has 2 saturated heterocycles. The molecule has 2 N–H and O–H groups in total. The molecule has 1 spiro atoms. The fraction of sp³-hybridized carbons (Fsp3) is 0.700. The van der Waals surface area contributed by atoms with Gasteiger partial charge in [0.05, 0.1) is 5.69 Å². The van der Waals surface area contributed by atoms with Gasteiger partial charge in [0.1, 0.15) is 36.3 Å². The Balaban J connectivity index is 1.49. The number of fused-ring (bicyclic) bond motifs is 1. The molecule has 5 atom stereocenters. The lowest BCUT2D eigenvalue weighted by molar-refractivity contribution is -0.176. The van der Waals surface area contributed by atoms with Crippen LogP contribution in [-0.4, -0.2) is 52.6 Å². The maximum atomic E-state index is 6.71. The summed E-state index contributed by atoms with van der Waals surface area (Å²) in [6, 6.07) is 3.89. The van der Waals surface area contributed by atoms with Crippen LogP contribution in [0, 0.1) is 0 Å². The molecule has 0 aromatic carbocycles. The molecule has 2 aliphatic heterocycles. The Kier molecular flexibility index (Phi) is 3.74. The second-order valence-electron chi connectivity index (χ2n) is 10.4. The van der Waals surface area contributed by atoms with Gasteiger partial charge in [-0.15, -0.1) is 0 Å². The monoisotopic (exact) mass is 418 g/mol. The van der Waals surface area contributed by atoms with Gasteiger partial charge in [0.2, 0.25) is 0 Å². The first kappa shape index (κ1) is 19.4. The van der Waals surface area contributed by atoms with Crippen LogP contribution in [0.4, 0.5) is 5.82 Å². The second-order valence-corrected chi connectivity index (χ2v) is 15.1. The van der Waals surface area contributed by atoms with E-state index in [4.69, 9.17) is 24.4 Å². The molecule has 1 aliphatic carbocycles. The summed E-state index contributed by atoms with van der Waals surface area (Å²) in [6.45, 7) is 15.1. The summed E-state index contributed by atoms with van der Waals surface area (Å²) in [4.78, 5) is 4.07. The van der Waals surface area contributed by atoms with Crippen LogP contribution in [0.5, 0.6) is 0 Å². The minimum Gasteiger partial charge on any atom is -0.408 e. The van der Waals surface area contributed by atoms with Crippen molar-refractivity contribution in [2.45, 2.75) is 88.6 Å². The smallest absolute Gasteiger partial charge is 0.192 e. The van der Waals surface area contributed by atoms with E-state index in [1.165, 1.54) is 6.33 Å². The Morgan fingerprint density at radius 2 is 1.93 bits per heavy atom. The van der Waals surface area contributed by atoms with E-state index in [1.54, 1.807) is 4.52 Å². The van der Waals surface area contributed by atoms with Gasteiger partial charge in [0.25, 0.3) is 0 Å². The average Bonchev–Trinajstić information content (AvgIpc) is 2.95. The molecule has 1 unspecified atom stereocenters. The maximum Gasteiger partial charge on any atom is 0.192 e. The molecule has 4 heterocycles. The lowest BCUT2D eigenvalue weighted by Crippen LogP contribution is -2.45. The fourth-order valence-corrected chi connectivity index (χ4v) is 5.73. The predicted octanol–water partition coefficient (Wildman–Crippen LogP) is 3.05. The summed E-state index contributed by atoms with van der Waals surface area (Å²) in [6.07, 6.45) is 0.608. The minimum atomic E-state index is -1.98. The number of aromatic nitrogens is 3. The van der Waals surface area contributed by atoms with E-state index in [0.29, 0.717) is 5.82 Å². The molecule has 8 nitrogen and oxygen atoms in total. The van der Waals surface area contributed by atoms with Gasteiger partial charge in [0, 0.05) is 0 Å². The second kappa shape index (κ2) is 5.58. The van der Waals surface area contributed by atoms with E-state index in [0.717, 1.165) is 11.2 Å². The van der Waals surface area contributed by atoms with Crippen LogP contribution in [-0.2, 0) is 18.6 Å². The minimum absolute atomic E-state index is 0.108. The summed E-state index contributed by atoms with van der Waals surface area (Å²) in [5.41, 5.74) is 7.07. The normalized spacial score (nSPS) is 35.7. The van der Waals surface area contributed by atoms with Crippen LogP contribution >= 0.6 is 0 Å². The van der Waals surface area contributed by atoms with Crippen molar-refractivity contribution >= 4 is 19.7 Å². The van der Waals surface area contributed by atoms with Gasteiger partial charge in [-0.25, -0.2) is 9.50 Å². The van der Waals surface area contributed by atoms with Crippen LogP contribution < -0.4 is 5.73 Å². The number of anilines is 1. The molecular weight excluding hydrogens is 388 g/mol. The van der Waals surface area contributed by atoms with Crippen molar-refractivity contribution in [3.05, 3.63) is 24.2 Å². The quantitative estimate of drug-likeness (QED) is 0.766. The third-order valence-electron chi connectivity index (χ3n) is 6.93. The number of nitrogens with zero attached hydrogens (tertiary/aromatic N) is 3. The molecule has 0 bridgehead atoms. The average molecular weight is 419 g/mol. The molecule has 158 valence electrons. The van der Waals surface area contributed by atoms with Crippen molar-refractivity contribution < 1.29 is 18.6 Å². The predicted molar refractivity (Wildman–Crippen MR) is 110 cm³/mol. The SMILES string of the molecule is CC1(C)O[C@H]2[C@H](c3ccc4c(N)ncnn34)O[C@@H]3C(O[Si](C)(C)C(C)(C)C)[C@@]32O1. The molecule has 5 rings (SSSR count). The Morgan fingerprint density at radius 1 is 1.21 bits per heavy atom. The van der Waals surface area contributed by atoms with Gasteiger partial charge < -0.3 is 24.4 Å². The molecule has 2 aromatic heterocycles. The van der Waals surface area contributed by atoms with Crippen molar-refractivity contribution in [2.75, 3.05) is 5.73 Å². The van der Waals surface area contributed by atoms with E-state index in [-0.39, 0.29) is 29.5 Å². The van der Waals surface area contributed by atoms with E-state index < -0.39 is 19.7 Å². The largest absolute Gasteiger partial charge is 0.408 e. The molecule has 3 fully saturated rings. The Morgan fingerprint density at radius 3 is 2.62 bits per heavy atom. The van der Waals surface area contributed by atoms with Gasteiger partial charge >= 0.3 is 0 Å². The number of ether oxygens (including phenoxy) is 3. The lowest BCUT2D eigenvalue weighted by Gasteiger charge is -2.37. The first-order chi connectivity index (χ1) is 13.4. The molecule has 0 radical (unpaired) electrons. The lowest BCUT2D eigenvalue weighted by atomic mass is 10.1. The Hall–Kier alpha value is -1.52. The van der Waals surface area contributed by atoms with Crippen LogP contribution in [0.1, 0.15) is 46.4 Å². The van der Waals surface area contributed by atoms with Crippen LogP contribution in [0.25, 0.3) is 5.52 Å². The summed E-state index contributed by atoms with van der Waals surface area (Å²) in [5, 5.41) is 4.48. The van der Waals surface area contributed by atoms with Gasteiger partial charge in [-0.05, 0) is 44.1 Å². The van der Waals surface area contributed by atoms with Gasteiger partial charge in [-0.3, -0.25) is 0 Å². The fourth-order valence-electron chi connectivity index (χ4n) is 4.44. The topological polar surface area (TPSA) is 93.1 Å². The van der Waals surface area contributed by atoms with E-state index in [9.17, 15) is 0 Å². The number of nitrogens with two attached hydrogens (primary N) is 1. The zero-order valence-electron chi connectivity index (χ0n) is 18.1. The molecule has 0 amide bonds. The summed E-state index contributed by atoms with van der Waals surface area (Å²) in [7, 11) is -1.98. The van der Waals surface area contributed by atoms with Crippen molar-refractivity contribution in [3.8, 4) is 0 Å². The molecule has 3 aliphatic rings. The van der Waals surface area contributed by atoms with Crippen molar-refractivity contribution in [1.82, 2.24) is 14.6 Å². The van der Waals surface area contributed by atoms with Gasteiger partial charge in [-0.1, -0.05) is 20.8 Å². The zero-order valence-corrected chi connectivity index (χ0v) is 19.1. The third kappa shape index (κ3) is 2.58. The first-order valence-electron chi connectivity index (χ1n) is 10.2. The van der Waals surface area contributed by atoms with E-state index >= 15 is 0 Å². The van der Waals surface area contributed by atoms with Gasteiger partial charge in [0.15, 0.2) is 25.5 Å². The standard InChI is InChI=1S/C20H30N4O4Si/c1-18(2,3)29(6,7)27-16-15-20(16)14(26-19(4,5)28-20)13(25-15)11-8-9-12-17(21)22-10-23-24(11)12/h8-10,13-16H,1-7H3,(H2,21,22,23)/t13-,14-,15+,16?,20-/m0/s1. The van der Waals surface area contributed by atoms with Crippen LogP contribution in [0.3, 0.4) is 0 Å².